The minimum absolute atomic E-state index is 0.0521. The molecular weight excluding hydrogens is 324 g/mol. The minimum atomic E-state index is 0.0521. The molecule has 126 valence electrons. The largest absolute Gasteiger partial charge is 0.488 e. The smallest absolute Gasteiger partial charge is 0.223 e. The first kappa shape index (κ1) is 16.8. The Morgan fingerprint density at radius 3 is 2.92 bits per heavy atom. The van der Waals surface area contributed by atoms with Crippen LogP contribution in [0.2, 0.25) is 5.02 Å². The highest BCUT2D eigenvalue weighted by Crippen LogP contribution is 2.19. The van der Waals surface area contributed by atoms with E-state index in [9.17, 15) is 4.79 Å². The summed E-state index contributed by atoms with van der Waals surface area (Å²) < 4.78 is 5.96. The van der Waals surface area contributed by atoms with Gasteiger partial charge in [-0.2, -0.15) is 0 Å². The van der Waals surface area contributed by atoms with Crippen LogP contribution in [0.15, 0.2) is 48.8 Å². The maximum absolute atomic E-state index is 12.5. The van der Waals surface area contributed by atoms with Gasteiger partial charge < -0.3 is 9.64 Å². The van der Waals surface area contributed by atoms with E-state index in [1.165, 1.54) is 0 Å². The van der Waals surface area contributed by atoms with Crippen LogP contribution in [0.5, 0.6) is 5.75 Å². The van der Waals surface area contributed by atoms with Gasteiger partial charge >= 0.3 is 0 Å². The third-order valence-electron chi connectivity index (χ3n) is 4.20. The topological polar surface area (TPSA) is 42.4 Å². The van der Waals surface area contributed by atoms with Crippen molar-refractivity contribution in [3.8, 4) is 5.75 Å². The summed E-state index contributed by atoms with van der Waals surface area (Å²) in [6.07, 6.45) is 6.64. The Hall–Kier alpha value is -2.07. The molecule has 1 amide bonds. The van der Waals surface area contributed by atoms with Crippen LogP contribution >= 0.6 is 11.6 Å². The van der Waals surface area contributed by atoms with E-state index in [0.29, 0.717) is 24.4 Å². The fourth-order valence-corrected chi connectivity index (χ4v) is 3.18. The number of nitrogens with zero attached hydrogens (tertiary/aromatic N) is 2. The van der Waals surface area contributed by atoms with E-state index in [2.05, 4.69) is 4.98 Å². The summed E-state index contributed by atoms with van der Waals surface area (Å²) in [7, 11) is 0. The lowest BCUT2D eigenvalue weighted by Gasteiger charge is -2.33. The van der Waals surface area contributed by atoms with Gasteiger partial charge in [-0.3, -0.25) is 9.78 Å². The maximum atomic E-state index is 12.5. The number of hydrogen-bond donors (Lipinski definition) is 0. The molecule has 24 heavy (non-hydrogen) atoms. The van der Waals surface area contributed by atoms with Gasteiger partial charge in [0, 0.05) is 30.4 Å². The molecule has 2 heterocycles. The van der Waals surface area contributed by atoms with E-state index in [0.717, 1.165) is 30.7 Å². The Kier molecular flexibility index (Phi) is 5.70. The van der Waals surface area contributed by atoms with Crippen molar-refractivity contribution in [3.05, 3.63) is 59.4 Å². The zero-order chi connectivity index (χ0) is 16.8. The molecule has 4 nitrogen and oxygen atoms in total. The second-order valence-electron chi connectivity index (χ2n) is 6.03. The molecule has 1 aromatic carbocycles. The lowest BCUT2D eigenvalue weighted by molar-refractivity contribution is -0.133. The Labute approximate surface area is 147 Å². The van der Waals surface area contributed by atoms with Crippen LogP contribution in [-0.2, 0) is 11.2 Å². The Bertz CT molecular complexity index is 678. The van der Waals surface area contributed by atoms with Crippen molar-refractivity contribution < 1.29 is 9.53 Å². The molecule has 1 aliphatic rings. The van der Waals surface area contributed by atoms with E-state index >= 15 is 0 Å². The summed E-state index contributed by atoms with van der Waals surface area (Å²) in [5, 5.41) is 0.712. The maximum Gasteiger partial charge on any atom is 0.223 e. The fraction of sp³-hybridized carbons (Fsp3) is 0.368. The molecule has 3 rings (SSSR count). The van der Waals surface area contributed by atoms with Crippen LogP contribution < -0.4 is 4.74 Å². The average molecular weight is 345 g/mol. The van der Waals surface area contributed by atoms with Crippen LogP contribution in [0.3, 0.4) is 0 Å². The second-order valence-corrected chi connectivity index (χ2v) is 6.47. The molecule has 1 atom stereocenters. The van der Waals surface area contributed by atoms with Gasteiger partial charge in [-0.15, -0.1) is 0 Å². The number of hydrogen-bond acceptors (Lipinski definition) is 3. The van der Waals surface area contributed by atoms with Gasteiger partial charge in [0.05, 0.1) is 6.54 Å². The number of rotatable bonds is 5. The molecule has 0 saturated carbocycles. The number of likely N-dealkylation sites (tertiary alicyclic amines) is 1. The number of ether oxygens (including phenoxy) is 1. The molecule has 0 unspecified atom stereocenters. The zero-order valence-corrected chi connectivity index (χ0v) is 14.3. The molecule has 0 aliphatic carbocycles. The Morgan fingerprint density at radius 2 is 2.12 bits per heavy atom. The highest BCUT2D eigenvalue weighted by Gasteiger charge is 2.24. The van der Waals surface area contributed by atoms with Crippen LogP contribution in [-0.4, -0.2) is 35.0 Å². The van der Waals surface area contributed by atoms with Crippen molar-refractivity contribution in [2.24, 2.45) is 0 Å². The van der Waals surface area contributed by atoms with Gasteiger partial charge in [-0.1, -0.05) is 23.7 Å². The minimum Gasteiger partial charge on any atom is -0.488 e. The zero-order valence-electron chi connectivity index (χ0n) is 13.5. The highest BCUT2D eigenvalue weighted by atomic mass is 35.5. The lowest BCUT2D eigenvalue weighted by atomic mass is 10.1. The first-order valence-corrected chi connectivity index (χ1v) is 8.67. The Balaban J connectivity index is 1.51. The van der Waals surface area contributed by atoms with E-state index < -0.39 is 0 Å². The molecular formula is C19H21ClN2O2. The van der Waals surface area contributed by atoms with Gasteiger partial charge in [-0.05, 0) is 49.1 Å². The number of carbonyl (C=O) groups is 1. The highest BCUT2D eigenvalue weighted by molar-refractivity contribution is 6.30. The molecule has 2 aromatic rings. The van der Waals surface area contributed by atoms with E-state index in [1.54, 1.807) is 12.4 Å². The van der Waals surface area contributed by atoms with Crippen LogP contribution in [0.1, 0.15) is 24.8 Å². The van der Waals surface area contributed by atoms with Crippen molar-refractivity contribution in [3.63, 3.8) is 0 Å². The summed E-state index contributed by atoms with van der Waals surface area (Å²) in [4.78, 5) is 18.4. The van der Waals surface area contributed by atoms with Gasteiger partial charge in [0.1, 0.15) is 11.9 Å². The van der Waals surface area contributed by atoms with Crippen molar-refractivity contribution in [1.82, 2.24) is 9.88 Å². The molecule has 1 aliphatic heterocycles. The predicted octanol–water partition coefficient (Wildman–Crippen LogP) is 3.74. The third-order valence-corrected chi connectivity index (χ3v) is 4.44. The number of halogens is 1. The standard InChI is InChI=1S/C19H21ClN2O2/c20-16-4-1-3-15(13-16)6-7-19(23)22-12-2-5-18(14-22)24-17-8-10-21-11-9-17/h1,3-4,8-11,13,18H,2,5-7,12,14H2/t18-/m1/s1. The number of piperidine rings is 1. The molecule has 0 spiro atoms. The summed E-state index contributed by atoms with van der Waals surface area (Å²) in [6, 6.07) is 11.4. The van der Waals surface area contributed by atoms with Gasteiger partial charge in [0.2, 0.25) is 5.91 Å². The van der Waals surface area contributed by atoms with Gasteiger partial charge in [0.25, 0.3) is 0 Å². The molecule has 1 saturated heterocycles. The number of amides is 1. The lowest BCUT2D eigenvalue weighted by Crippen LogP contribution is -2.44. The first-order valence-electron chi connectivity index (χ1n) is 8.29. The number of aromatic nitrogens is 1. The van der Waals surface area contributed by atoms with Crippen molar-refractivity contribution >= 4 is 17.5 Å². The van der Waals surface area contributed by atoms with E-state index in [-0.39, 0.29) is 12.0 Å². The summed E-state index contributed by atoms with van der Waals surface area (Å²) in [5.41, 5.74) is 1.09. The number of benzene rings is 1. The molecule has 0 bridgehead atoms. The molecule has 5 heteroatoms. The quantitative estimate of drug-likeness (QED) is 0.829. The van der Waals surface area contributed by atoms with Gasteiger partial charge in [-0.25, -0.2) is 0 Å². The number of pyridine rings is 1. The van der Waals surface area contributed by atoms with Crippen LogP contribution in [0, 0.1) is 0 Å². The third kappa shape index (κ3) is 4.71. The molecule has 0 N–H and O–H groups in total. The monoisotopic (exact) mass is 344 g/mol. The number of aryl methyl sites for hydroxylation is 1. The number of carbonyl (C=O) groups excluding carboxylic acids is 1. The SMILES string of the molecule is O=C(CCc1cccc(Cl)c1)N1CCC[C@@H](Oc2ccncc2)C1. The van der Waals surface area contributed by atoms with Crippen LogP contribution in [0.25, 0.3) is 0 Å². The molecule has 1 aromatic heterocycles. The first-order chi connectivity index (χ1) is 11.7. The van der Waals surface area contributed by atoms with E-state index in [4.69, 9.17) is 16.3 Å². The molecule has 0 radical (unpaired) electrons. The predicted molar refractivity (Wildman–Crippen MR) is 94.2 cm³/mol. The normalized spacial score (nSPS) is 17.5. The summed E-state index contributed by atoms with van der Waals surface area (Å²) >= 11 is 5.99. The fourth-order valence-electron chi connectivity index (χ4n) is 2.97. The Morgan fingerprint density at radius 1 is 1.29 bits per heavy atom. The average Bonchev–Trinajstić information content (AvgIpc) is 2.61. The van der Waals surface area contributed by atoms with Crippen molar-refractivity contribution in [1.29, 1.82) is 0 Å². The van der Waals surface area contributed by atoms with Crippen LogP contribution in [0.4, 0.5) is 0 Å². The van der Waals surface area contributed by atoms with Gasteiger partial charge in [0.15, 0.2) is 0 Å². The summed E-state index contributed by atoms with van der Waals surface area (Å²) in [6.45, 7) is 1.46. The molecule has 1 fully saturated rings. The second kappa shape index (κ2) is 8.15. The summed E-state index contributed by atoms with van der Waals surface area (Å²) in [5.74, 6) is 0.987. The van der Waals surface area contributed by atoms with Crippen molar-refractivity contribution in [2.45, 2.75) is 31.8 Å². The van der Waals surface area contributed by atoms with E-state index in [1.807, 2.05) is 41.3 Å². The van der Waals surface area contributed by atoms with Crippen molar-refractivity contribution in [2.75, 3.05) is 13.1 Å².